The maximum absolute atomic E-state index is 11.8. The molecule has 1 saturated heterocycles. The summed E-state index contributed by atoms with van der Waals surface area (Å²) in [6, 6.07) is 9.10. The molecule has 2 amide bonds. The summed E-state index contributed by atoms with van der Waals surface area (Å²) in [5.41, 5.74) is 1.64. The van der Waals surface area contributed by atoms with Crippen molar-refractivity contribution in [2.24, 2.45) is 0 Å². The first kappa shape index (κ1) is 12.4. The molecule has 1 aliphatic rings. The van der Waals surface area contributed by atoms with Gasteiger partial charge in [-0.15, -0.1) is 0 Å². The minimum Gasteiger partial charge on any atom is -0.446 e. The van der Waals surface area contributed by atoms with Crippen molar-refractivity contribution in [3.05, 3.63) is 42.5 Å². The van der Waals surface area contributed by atoms with Crippen LogP contribution in [0.3, 0.4) is 0 Å². The quantitative estimate of drug-likeness (QED) is 0.821. The zero-order chi connectivity index (χ0) is 13.1. The molecular formula is C14H15NO3. The van der Waals surface area contributed by atoms with Crippen molar-refractivity contribution in [2.45, 2.75) is 19.4 Å². The van der Waals surface area contributed by atoms with Crippen molar-refractivity contribution in [3.63, 3.8) is 0 Å². The van der Waals surface area contributed by atoms with E-state index in [1.807, 2.05) is 30.3 Å². The Labute approximate surface area is 106 Å². The molecular weight excluding hydrogens is 230 g/mol. The summed E-state index contributed by atoms with van der Waals surface area (Å²) < 4.78 is 4.95. The lowest BCUT2D eigenvalue weighted by atomic mass is 10.00. The molecule has 2 rings (SSSR count). The molecule has 1 aliphatic heterocycles. The van der Waals surface area contributed by atoms with Crippen LogP contribution in [-0.4, -0.2) is 29.5 Å². The number of carbonyl (C=O) groups is 2. The number of rotatable bonds is 3. The molecule has 1 fully saturated rings. The third kappa shape index (κ3) is 2.14. The Morgan fingerprint density at radius 2 is 2.11 bits per heavy atom. The number of nitrogens with zero attached hydrogens (tertiary/aromatic N) is 1. The average molecular weight is 245 g/mol. The molecule has 1 atom stereocenters. The van der Waals surface area contributed by atoms with Gasteiger partial charge in [0.1, 0.15) is 12.6 Å². The molecule has 0 unspecified atom stereocenters. The third-order valence-electron chi connectivity index (χ3n) is 2.99. The molecule has 0 bridgehead atoms. The lowest BCUT2D eigenvalue weighted by Gasteiger charge is -2.21. The van der Waals surface area contributed by atoms with Gasteiger partial charge in [0.05, 0.1) is 0 Å². The van der Waals surface area contributed by atoms with Gasteiger partial charge in [0.2, 0.25) is 5.91 Å². The summed E-state index contributed by atoms with van der Waals surface area (Å²) in [6.07, 6.45) is -0.308. The lowest BCUT2D eigenvalue weighted by Crippen LogP contribution is -2.39. The maximum Gasteiger partial charge on any atom is 0.417 e. The van der Waals surface area contributed by atoms with E-state index in [9.17, 15) is 9.59 Å². The van der Waals surface area contributed by atoms with Crippen LogP contribution in [0.25, 0.3) is 5.57 Å². The third-order valence-corrected chi connectivity index (χ3v) is 2.99. The normalized spacial score (nSPS) is 18.6. The molecule has 0 aromatic heterocycles. The topological polar surface area (TPSA) is 46.6 Å². The minimum absolute atomic E-state index is 0.179. The van der Waals surface area contributed by atoms with E-state index in [0.29, 0.717) is 0 Å². The van der Waals surface area contributed by atoms with E-state index < -0.39 is 12.1 Å². The molecule has 0 spiro atoms. The Bertz CT molecular complexity index is 481. The number of hydrogen-bond acceptors (Lipinski definition) is 3. The van der Waals surface area contributed by atoms with E-state index in [4.69, 9.17) is 4.74 Å². The molecule has 4 nitrogen and oxygen atoms in total. The van der Waals surface area contributed by atoms with Crippen molar-refractivity contribution in [3.8, 4) is 0 Å². The second-order valence-corrected chi connectivity index (χ2v) is 4.10. The van der Waals surface area contributed by atoms with Gasteiger partial charge < -0.3 is 4.74 Å². The van der Waals surface area contributed by atoms with Crippen LogP contribution in [0, 0.1) is 0 Å². The van der Waals surface area contributed by atoms with Crippen molar-refractivity contribution < 1.29 is 14.3 Å². The van der Waals surface area contributed by atoms with Gasteiger partial charge in [-0.1, -0.05) is 43.8 Å². The van der Waals surface area contributed by atoms with Gasteiger partial charge in [-0.05, 0) is 11.1 Å². The van der Waals surface area contributed by atoms with Crippen LogP contribution >= 0.6 is 0 Å². The molecule has 1 heterocycles. The summed E-state index contributed by atoms with van der Waals surface area (Å²) in [5, 5.41) is 0. The highest BCUT2D eigenvalue weighted by molar-refractivity contribution is 5.96. The van der Waals surface area contributed by atoms with Gasteiger partial charge in [0, 0.05) is 6.42 Å². The number of hydrogen-bond donors (Lipinski definition) is 0. The highest BCUT2D eigenvalue weighted by Gasteiger charge is 2.38. The van der Waals surface area contributed by atoms with Gasteiger partial charge in [0.25, 0.3) is 0 Å². The number of cyclic esters (lactones) is 1. The molecule has 18 heavy (non-hydrogen) atoms. The summed E-state index contributed by atoms with van der Waals surface area (Å²) in [4.78, 5) is 24.5. The zero-order valence-electron chi connectivity index (χ0n) is 10.3. The van der Waals surface area contributed by atoms with E-state index in [1.54, 1.807) is 6.92 Å². The van der Waals surface area contributed by atoms with Gasteiger partial charge in [-0.2, -0.15) is 0 Å². The van der Waals surface area contributed by atoms with Crippen LogP contribution in [-0.2, 0) is 9.53 Å². The van der Waals surface area contributed by atoms with Gasteiger partial charge >= 0.3 is 6.09 Å². The fourth-order valence-electron chi connectivity index (χ4n) is 1.97. The van der Waals surface area contributed by atoms with Crippen molar-refractivity contribution >= 4 is 17.6 Å². The predicted octanol–water partition coefficient (Wildman–Crippen LogP) is 2.46. The lowest BCUT2D eigenvalue weighted by molar-refractivity contribution is -0.128. The minimum atomic E-state index is -0.580. The molecule has 1 aromatic carbocycles. The van der Waals surface area contributed by atoms with Crippen LogP contribution in [0.15, 0.2) is 36.9 Å². The first-order valence-corrected chi connectivity index (χ1v) is 5.88. The molecule has 0 aliphatic carbocycles. The maximum atomic E-state index is 11.8. The first-order valence-electron chi connectivity index (χ1n) is 5.88. The molecule has 0 N–H and O–H groups in total. The summed E-state index contributed by atoms with van der Waals surface area (Å²) in [7, 11) is 0. The van der Waals surface area contributed by atoms with E-state index in [-0.39, 0.29) is 18.9 Å². The van der Waals surface area contributed by atoms with Crippen LogP contribution < -0.4 is 0 Å². The fraction of sp³-hybridized carbons (Fsp3) is 0.286. The second kappa shape index (κ2) is 5.04. The Kier molecular flexibility index (Phi) is 3.46. The highest BCUT2D eigenvalue weighted by Crippen LogP contribution is 2.26. The largest absolute Gasteiger partial charge is 0.446 e. The van der Waals surface area contributed by atoms with Crippen molar-refractivity contribution in [1.82, 2.24) is 4.90 Å². The monoisotopic (exact) mass is 245 g/mol. The Morgan fingerprint density at radius 3 is 2.72 bits per heavy atom. The van der Waals surface area contributed by atoms with Crippen LogP contribution in [0.5, 0.6) is 0 Å². The second-order valence-electron chi connectivity index (χ2n) is 4.10. The zero-order valence-corrected chi connectivity index (χ0v) is 10.3. The summed E-state index contributed by atoms with van der Waals surface area (Å²) in [5.74, 6) is -0.236. The Morgan fingerprint density at radius 1 is 1.44 bits per heavy atom. The molecule has 0 radical (unpaired) electrons. The van der Waals surface area contributed by atoms with E-state index in [0.717, 1.165) is 16.0 Å². The number of ether oxygens (including phenoxy) is 1. The highest BCUT2D eigenvalue weighted by atomic mass is 16.6. The van der Waals surface area contributed by atoms with Crippen LogP contribution in [0.4, 0.5) is 4.79 Å². The van der Waals surface area contributed by atoms with E-state index in [1.165, 1.54) is 0 Å². The number of imide groups is 1. The average Bonchev–Trinajstić information content (AvgIpc) is 2.80. The Hall–Kier alpha value is -2.10. The molecule has 1 aromatic rings. The molecule has 0 saturated carbocycles. The SMILES string of the molecule is C=C(c1ccccc1)[C@@H]1COC(=O)N1C(=O)CC. The number of carbonyl (C=O) groups excluding carboxylic acids is 2. The summed E-state index contributed by atoms with van der Waals surface area (Å²) >= 11 is 0. The van der Waals surface area contributed by atoms with E-state index >= 15 is 0 Å². The number of amides is 2. The van der Waals surface area contributed by atoms with Gasteiger partial charge in [0.15, 0.2) is 0 Å². The fourth-order valence-corrected chi connectivity index (χ4v) is 1.97. The smallest absolute Gasteiger partial charge is 0.417 e. The summed E-state index contributed by atoms with van der Waals surface area (Å²) in [6.45, 7) is 5.88. The first-order chi connectivity index (χ1) is 8.65. The van der Waals surface area contributed by atoms with Crippen LogP contribution in [0.2, 0.25) is 0 Å². The van der Waals surface area contributed by atoms with Crippen molar-refractivity contribution in [1.29, 1.82) is 0 Å². The van der Waals surface area contributed by atoms with E-state index in [2.05, 4.69) is 6.58 Å². The Balaban J connectivity index is 2.25. The molecule has 94 valence electrons. The van der Waals surface area contributed by atoms with Gasteiger partial charge in [-0.25, -0.2) is 9.69 Å². The number of benzene rings is 1. The predicted molar refractivity (Wildman–Crippen MR) is 67.7 cm³/mol. The van der Waals surface area contributed by atoms with Crippen LogP contribution in [0.1, 0.15) is 18.9 Å². The van der Waals surface area contributed by atoms with Crippen molar-refractivity contribution in [2.75, 3.05) is 6.61 Å². The standard InChI is InChI=1S/C14H15NO3/c1-3-13(16)15-12(9-18-14(15)17)10(2)11-7-5-4-6-8-11/h4-8,12H,2-3,9H2,1H3/t12-/m0/s1. The molecule has 4 heteroatoms. The van der Waals surface area contributed by atoms with Gasteiger partial charge in [-0.3, -0.25) is 4.79 Å².